The van der Waals surface area contributed by atoms with E-state index in [9.17, 15) is 9.59 Å². The molecule has 0 spiro atoms. The topological polar surface area (TPSA) is 82.9 Å². The summed E-state index contributed by atoms with van der Waals surface area (Å²) < 4.78 is 7.51. The van der Waals surface area contributed by atoms with Gasteiger partial charge in [-0.3, -0.25) is 9.69 Å². The zero-order valence-corrected chi connectivity index (χ0v) is 19.8. The van der Waals surface area contributed by atoms with E-state index < -0.39 is 0 Å². The van der Waals surface area contributed by atoms with Crippen molar-refractivity contribution in [3.05, 3.63) is 29.6 Å². The molecule has 0 radical (unpaired) electrons. The predicted molar refractivity (Wildman–Crippen MR) is 125 cm³/mol. The Bertz CT molecular complexity index is 918. The van der Waals surface area contributed by atoms with Crippen LogP contribution in [0.3, 0.4) is 0 Å². The average Bonchev–Trinajstić information content (AvgIpc) is 3.14. The van der Waals surface area contributed by atoms with E-state index in [4.69, 9.17) is 9.72 Å². The fourth-order valence-corrected chi connectivity index (χ4v) is 3.98. The molecule has 9 nitrogen and oxygen atoms in total. The van der Waals surface area contributed by atoms with Gasteiger partial charge in [0.15, 0.2) is 0 Å². The molecule has 3 rings (SSSR count). The lowest BCUT2D eigenvalue weighted by Gasteiger charge is -2.34. The lowest BCUT2D eigenvalue weighted by atomic mass is 10.2. The van der Waals surface area contributed by atoms with Gasteiger partial charge in [-0.2, -0.15) is 0 Å². The Balaban J connectivity index is 1.58. The van der Waals surface area contributed by atoms with Gasteiger partial charge in [-0.25, -0.2) is 9.78 Å². The fourth-order valence-electron chi connectivity index (χ4n) is 3.98. The van der Waals surface area contributed by atoms with Crippen LogP contribution in [0.1, 0.15) is 36.5 Å². The first-order chi connectivity index (χ1) is 15.4. The van der Waals surface area contributed by atoms with Crippen LogP contribution in [0.2, 0.25) is 0 Å². The number of piperazine rings is 1. The van der Waals surface area contributed by atoms with Crippen molar-refractivity contribution in [3.63, 3.8) is 0 Å². The molecule has 9 heteroatoms. The summed E-state index contributed by atoms with van der Waals surface area (Å²) in [5.41, 5.74) is 2.54. The number of fused-ring (bicyclic) bond motifs is 1. The molecule has 1 aromatic carbocycles. The number of aryl methyl sites for hydroxylation is 1. The van der Waals surface area contributed by atoms with Crippen LogP contribution in [-0.4, -0.2) is 96.2 Å². The molecular formula is C23H36N6O3. The number of carbonyl (C=O) groups is 2. The van der Waals surface area contributed by atoms with E-state index in [0.717, 1.165) is 49.5 Å². The molecule has 2 aromatic rings. The summed E-state index contributed by atoms with van der Waals surface area (Å²) in [6, 6.07) is 5.73. The van der Waals surface area contributed by atoms with E-state index in [0.29, 0.717) is 38.4 Å². The van der Waals surface area contributed by atoms with Crippen molar-refractivity contribution in [2.45, 2.75) is 33.4 Å². The molecule has 0 atom stereocenters. The third kappa shape index (κ3) is 5.77. The molecule has 1 aliphatic rings. The van der Waals surface area contributed by atoms with Gasteiger partial charge in [0.25, 0.3) is 5.91 Å². The van der Waals surface area contributed by atoms with Gasteiger partial charge in [-0.05, 0) is 38.5 Å². The highest BCUT2D eigenvalue weighted by Crippen LogP contribution is 2.20. The summed E-state index contributed by atoms with van der Waals surface area (Å²) >= 11 is 0. The monoisotopic (exact) mass is 444 g/mol. The van der Waals surface area contributed by atoms with Crippen molar-refractivity contribution >= 4 is 23.0 Å². The lowest BCUT2D eigenvalue weighted by Crippen LogP contribution is -2.51. The number of nitrogens with one attached hydrogen (secondary N) is 1. The molecule has 1 aromatic heterocycles. The van der Waals surface area contributed by atoms with Crippen molar-refractivity contribution in [1.82, 2.24) is 29.6 Å². The quantitative estimate of drug-likeness (QED) is 0.599. The summed E-state index contributed by atoms with van der Waals surface area (Å²) in [5, 5.41) is 2.98. The molecule has 2 heterocycles. The third-order valence-electron chi connectivity index (χ3n) is 5.77. The van der Waals surface area contributed by atoms with Gasteiger partial charge in [0, 0.05) is 72.1 Å². The molecule has 176 valence electrons. The number of carbonyl (C=O) groups excluding carboxylic acids is 2. The van der Waals surface area contributed by atoms with Crippen LogP contribution in [0.15, 0.2) is 18.2 Å². The number of imidazole rings is 1. The largest absolute Gasteiger partial charge is 0.382 e. The number of nitrogens with zero attached hydrogens (tertiary/aromatic N) is 5. The Morgan fingerprint density at radius 2 is 1.91 bits per heavy atom. The standard InChI is InChI=1S/C23H36N6O3/c1-5-29-20-9-8-18(22(30)26(3)4)16-19(20)25-21(29)17-27-11-13-28(14-12-27)23(31)24-10-7-15-32-6-2/h8-9,16H,5-7,10-15,17H2,1-4H3,(H,24,31). The zero-order valence-electron chi connectivity index (χ0n) is 19.8. The highest BCUT2D eigenvalue weighted by atomic mass is 16.5. The van der Waals surface area contributed by atoms with Crippen molar-refractivity contribution in [2.75, 3.05) is 60.0 Å². The Kier molecular flexibility index (Phi) is 8.46. The van der Waals surface area contributed by atoms with E-state index in [-0.39, 0.29) is 11.9 Å². The van der Waals surface area contributed by atoms with E-state index in [1.807, 2.05) is 30.0 Å². The van der Waals surface area contributed by atoms with Gasteiger partial charge < -0.3 is 24.4 Å². The first-order valence-electron chi connectivity index (χ1n) is 11.5. The molecular weight excluding hydrogens is 408 g/mol. The number of aromatic nitrogens is 2. The number of rotatable bonds is 9. The minimum absolute atomic E-state index is 0.0000315. The Morgan fingerprint density at radius 3 is 2.56 bits per heavy atom. The van der Waals surface area contributed by atoms with Gasteiger partial charge >= 0.3 is 6.03 Å². The van der Waals surface area contributed by atoms with Gasteiger partial charge in [0.2, 0.25) is 0 Å². The number of urea groups is 1. The second kappa shape index (κ2) is 11.3. The summed E-state index contributed by atoms with van der Waals surface area (Å²) in [4.78, 5) is 35.3. The molecule has 0 unspecified atom stereocenters. The first kappa shape index (κ1) is 24.0. The number of hydrogen-bond donors (Lipinski definition) is 1. The minimum Gasteiger partial charge on any atom is -0.382 e. The second-order valence-corrected chi connectivity index (χ2v) is 8.22. The maximum atomic E-state index is 12.4. The number of hydrogen-bond acceptors (Lipinski definition) is 5. The summed E-state index contributed by atoms with van der Waals surface area (Å²) in [6.45, 7) is 10.7. The zero-order chi connectivity index (χ0) is 23.1. The first-order valence-corrected chi connectivity index (χ1v) is 11.5. The highest BCUT2D eigenvalue weighted by molar-refractivity contribution is 5.97. The number of amides is 3. The molecule has 1 saturated heterocycles. The molecule has 1 aliphatic heterocycles. The molecule has 1 N–H and O–H groups in total. The van der Waals surface area contributed by atoms with E-state index in [1.54, 1.807) is 19.0 Å². The van der Waals surface area contributed by atoms with Crippen molar-refractivity contribution in [2.24, 2.45) is 0 Å². The van der Waals surface area contributed by atoms with Crippen molar-refractivity contribution in [3.8, 4) is 0 Å². The van der Waals surface area contributed by atoms with Crippen LogP contribution in [0, 0.1) is 0 Å². The second-order valence-electron chi connectivity index (χ2n) is 8.22. The summed E-state index contributed by atoms with van der Waals surface area (Å²) in [7, 11) is 3.51. The summed E-state index contributed by atoms with van der Waals surface area (Å²) in [5.74, 6) is 0.970. The maximum absolute atomic E-state index is 12.4. The number of ether oxygens (including phenoxy) is 1. The Labute approximate surface area is 190 Å². The Hall–Kier alpha value is -2.65. The molecule has 3 amide bonds. The van der Waals surface area contributed by atoms with Crippen LogP contribution in [0.25, 0.3) is 11.0 Å². The van der Waals surface area contributed by atoms with Crippen LogP contribution in [0.4, 0.5) is 4.79 Å². The normalized spacial score (nSPS) is 14.7. The Morgan fingerprint density at radius 1 is 1.16 bits per heavy atom. The maximum Gasteiger partial charge on any atom is 0.317 e. The third-order valence-corrected chi connectivity index (χ3v) is 5.77. The average molecular weight is 445 g/mol. The fraction of sp³-hybridized carbons (Fsp3) is 0.609. The lowest BCUT2D eigenvalue weighted by molar-refractivity contribution is 0.0827. The molecule has 0 saturated carbocycles. The van der Waals surface area contributed by atoms with Crippen LogP contribution in [0.5, 0.6) is 0 Å². The van der Waals surface area contributed by atoms with Crippen LogP contribution < -0.4 is 5.32 Å². The molecule has 0 aliphatic carbocycles. The van der Waals surface area contributed by atoms with E-state index >= 15 is 0 Å². The molecule has 0 bridgehead atoms. The predicted octanol–water partition coefficient (Wildman–Crippen LogP) is 2.01. The number of benzene rings is 1. The van der Waals surface area contributed by atoms with Gasteiger partial charge in [-0.15, -0.1) is 0 Å². The molecule has 32 heavy (non-hydrogen) atoms. The molecule has 1 fully saturated rings. The van der Waals surface area contributed by atoms with E-state index in [1.165, 1.54) is 0 Å². The van der Waals surface area contributed by atoms with Crippen molar-refractivity contribution < 1.29 is 14.3 Å². The smallest absolute Gasteiger partial charge is 0.317 e. The van der Waals surface area contributed by atoms with Gasteiger partial charge in [0.1, 0.15) is 5.82 Å². The van der Waals surface area contributed by atoms with Gasteiger partial charge in [0.05, 0.1) is 17.6 Å². The van der Waals surface area contributed by atoms with E-state index in [2.05, 4.69) is 21.7 Å². The van der Waals surface area contributed by atoms with Crippen LogP contribution >= 0.6 is 0 Å². The van der Waals surface area contributed by atoms with Gasteiger partial charge in [-0.1, -0.05) is 0 Å². The van der Waals surface area contributed by atoms with Crippen molar-refractivity contribution in [1.29, 1.82) is 0 Å². The highest BCUT2D eigenvalue weighted by Gasteiger charge is 2.23. The minimum atomic E-state index is -0.0215. The summed E-state index contributed by atoms with van der Waals surface area (Å²) in [6.07, 6.45) is 0.828. The SMILES string of the molecule is CCOCCCNC(=O)N1CCN(Cc2nc3cc(C(=O)N(C)C)ccc3n2CC)CC1. The van der Waals surface area contributed by atoms with Crippen LogP contribution in [-0.2, 0) is 17.8 Å².